The van der Waals surface area contributed by atoms with E-state index in [2.05, 4.69) is 11.9 Å². The first-order chi connectivity index (χ1) is 11.6. The minimum atomic E-state index is -0.751. The van der Waals surface area contributed by atoms with Gasteiger partial charge in [-0.2, -0.15) is 0 Å². The molecule has 0 aliphatic heterocycles. The van der Waals surface area contributed by atoms with Crippen LogP contribution in [0.25, 0.3) is 0 Å². The molecule has 2 aromatic rings. The van der Waals surface area contributed by atoms with Crippen molar-refractivity contribution in [2.45, 2.75) is 19.4 Å². The van der Waals surface area contributed by atoms with Crippen LogP contribution in [-0.2, 0) is 16.0 Å². The van der Waals surface area contributed by atoms with Gasteiger partial charge in [-0.05, 0) is 24.1 Å². The standard InChI is InChI=1S/C20H21NO3/c1-3-13-24-20(23)18(14-16-10-5-4-6-11-16)21-19(22)17-12-8-7-9-15(17)2/h3-12,18H,1,13-14H2,2H3,(H,21,22). The average Bonchev–Trinajstić information content (AvgIpc) is 2.60. The second-order valence-corrected chi connectivity index (χ2v) is 5.45. The number of aryl methyl sites for hydroxylation is 1. The van der Waals surface area contributed by atoms with Crippen molar-refractivity contribution in [3.05, 3.63) is 83.9 Å². The number of esters is 1. The minimum absolute atomic E-state index is 0.115. The molecule has 1 atom stereocenters. The first kappa shape index (κ1) is 17.5. The van der Waals surface area contributed by atoms with Crippen LogP contribution in [0.2, 0.25) is 0 Å². The number of amides is 1. The molecule has 0 bridgehead atoms. The zero-order chi connectivity index (χ0) is 17.4. The Morgan fingerprint density at radius 2 is 1.79 bits per heavy atom. The summed E-state index contributed by atoms with van der Waals surface area (Å²) in [5.41, 5.74) is 2.35. The molecule has 0 aliphatic carbocycles. The van der Waals surface area contributed by atoms with Crippen molar-refractivity contribution in [2.24, 2.45) is 0 Å². The van der Waals surface area contributed by atoms with Gasteiger partial charge in [0.1, 0.15) is 12.6 Å². The fourth-order valence-corrected chi connectivity index (χ4v) is 2.35. The molecule has 0 spiro atoms. The number of hydrogen-bond acceptors (Lipinski definition) is 3. The van der Waals surface area contributed by atoms with Gasteiger partial charge in [-0.1, -0.05) is 61.2 Å². The molecular formula is C20H21NO3. The highest BCUT2D eigenvalue weighted by Gasteiger charge is 2.23. The van der Waals surface area contributed by atoms with Crippen molar-refractivity contribution in [1.29, 1.82) is 0 Å². The number of rotatable bonds is 7. The molecule has 0 fully saturated rings. The number of benzene rings is 2. The maximum atomic E-state index is 12.5. The van der Waals surface area contributed by atoms with Crippen LogP contribution in [-0.4, -0.2) is 24.5 Å². The van der Waals surface area contributed by atoms with Gasteiger partial charge in [-0.15, -0.1) is 0 Å². The summed E-state index contributed by atoms with van der Waals surface area (Å²) in [6, 6.07) is 16.0. The highest BCUT2D eigenvalue weighted by atomic mass is 16.5. The molecule has 0 saturated carbocycles. The summed E-state index contributed by atoms with van der Waals surface area (Å²) in [6.45, 7) is 5.51. The number of nitrogens with one attached hydrogen (secondary N) is 1. The molecule has 4 heteroatoms. The Kier molecular flexibility index (Phi) is 6.32. The van der Waals surface area contributed by atoms with Crippen LogP contribution in [0.1, 0.15) is 21.5 Å². The quantitative estimate of drug-likeness (QED) is 0.629. The lowest BCUT2D eigenvalue weighted by atomic mass is 10.0. The first-order valence-electron chi connectivity index (χ1n) is 7.79. The second-order valence-electron chi connectivity index (χ2n) is 5.45. The van der Waals surface area contributed by atoms with Crippen LogP contribution in [0.5, 0.6) is 0 Å². The molecule has 2 aromatic carbocycles. The second kappa shape index (κ2) is 8.67. The number of carbonyl (C=O) groups is 2. The van der Waals surface area contributed by atoms with Crippen molar-refractivity contribution in [3.63, 3.8) is 0 Å². The highest BCUT2D eigenvalue weighted by Crippen LogP contribution is 2.09. The Balaban J connectivity index is 2.15. The van der Waals surface area contributed by atoms with Crippen LogP contribution in [0, 0.1) is 6.92 Å². The van der Waals surface area contributed by atoms with E-state index in [4.69, 9.17) is 4.74 Å². The third-order valence-electron chi connectivity index (χ3n) is 3.61. The van der Waals surface area contributed by atoms with Crippen LogP contribution in [0.15, 0.2) is 67.3 Å². The van der Waals surface area contributed by atoms with Crippen LogP contribution in [0.4, 0.5) is 0 Å². The van der Waals surface area contributed by atoms with E-state index in [0.717, 1.165) is 11.1 Å². The SMILES string of the molecule is C=CCOC(=O)C(Cc1ccccc1)NC(=O)c1ccccc1C. The van der Waals surface area contributed by atoms with Gasteiger partial charge in [0.05, 0.1) is 0 Å². The summed E-state index contributed by atoms with van der Waals surface area (Å²) in [4.78, 5) is 24.8. The van der Waals surface area contributed by atoms with E-state index in [1.807, 2.05) is 49.4 Å². The summed E-state index contributed by atoms with van der Waals surface area (Å²) < 4.78 is 5.12. The van der Waals surface area contributed by atoms with Crippen LogP contribution in [0.3, 0.4) is 0 Å². The van der Waals surface area contributed by atoms with Crippen molar-refractivity contribution in [3.8, 4) is 0 Å². The van der Waals surface area contributed by atoms with Gasteiger partial charge in [0.15, 0.2) is 0 Å². The number of carbonyl (C=O) groups excluding carboxylic acids is 2. The van der Waals surface area contributed by atoms with E-state index in [1.54, 1.807) is 12.1 Å². The Morgan fingerprint density at radius 1 is 1.12 bits per heavy atom. The molecular weight excluding hydrogens is 302 g/mol. The van der Waals surface area contributed by atoms with Crippen molar-refractivity contribution in [2.75, 3.05) is 6.61 Å². The van der Waals surface area contributed by atoms with E-state index in [0.29, 0.717) is 12.0 Å². The maximum Gasteiger partial charge on any atom is 0.329 e. The van der Waals surface area contributed by atoms with E-state index in [-0.39, 0.29) is 12.5 Å². The Labute approximate surface area is 142 Å². The predicted molar refractivity (Wildman–Crippen MR) is 93.7 cm³/mol. The number of hydrogen-bond donors (Lipinski definition) is 1. The molecule has 1 unspecified atom stereocenters. The van der Waals surface area contributed by atoms with Gasteiger partial charge in [-0.3, -0.25) is 4.79 Å². The Morgan fingerprint density at radius 3 is 2.46 bits per heavy atom. The molecule has 0 aromatic heterocycles. The molecule has 4 nitrogen and oxygen atoms in total. The summed E-state index contributed by atoms with van der Waals surface area (Å²) in [5.74, 6) is -0.759. The topological polar surface area (TPSA) is 55.4 Å². The fourth-order valence-electron chi connectivity index (χ4n) is 2.35. The van der Waals surface area contributed by atoms with Crippen molar-refractivity contribution in [1.82, 2.24) is 5.32 Å². The van der Waals surface area contributed by atoms with Crippen LogP contribution < -0.4 is 5.32 Å². The lowest BCUT2D eigenvalue weighted by molar-refractivity contribution is -0.144. The molecule has 2 rings (SSSR count). The van der Waals surface area contributed by atoms with Crippen molar-refractivity contribution >= 4 is 11.9 Å². The van der Waals surface area contributed by atoms with E-state index < -0.39 is 12.0 Å². The van der Waals surface area contributed by atoms with Gasteiger partial charge >= 0.3 is 5.97 Å². The van der Waals surface area contributed by atoms with Crippen LogP contribution >= 0.6 is 0 Å². The Bertz CT molecular complexity index is 710. The van der Waals surface area contributed by atoms with Gasteiger partial charge in [-0.25, -0.2) is 4.79 Å². The van der Waals surface area contributed by atoms with Gasteiger partial charge in [0.2, 0.25) is 0 Å². The fraction of sp³-hybridized carbons (Fsp3) is 0.200. The molecule has 1 amide bonds. The highest BCUT2D eigenvalue weighted by molar-refractivity contribution is 5.98. The lowest BCUT2D eigenvalue weighted by Crippen LogP contribution is -2.43. The lowest BCUT2D eigenvalue weighted by Gasteiger charge is -2.18. The zero-order valence-electron chi connectivity index (χ0n) is 13.7. The minimum Gasteiger partial charge on any atom is -0.460 e. The smallest absolute Gasteiger partial charge is 0.329 e. The van der Waals surface area contributed by atoms with Gasteiger partial charge in [0, 0.05) is 12.0 Å². The average molecular weight is 323 g/mol. The predicted octanol–water partition coefficient (Wildman–Crippen LogP) is 3.07. The Hall–Kier alpha value is -2.88. The molecule has 0 heterocycles. The third kappa shape index (κ3) is 4.81. The summed E-state index contributed by atoms with van der Waals surface area (Å²) in [5, 5.41) is 2.78. The summed E-state index contributed by atoms with van der Waals surface area (Å²) >= 11 is 0. The van der Waals surface area contributed by atoms with E-state index in [9.17, 15) is 9.59 Å². The maximum absolute atomic E-state index is 12.5. The normalized spacial score (nSPS) is 11.4. The molecule has 24 heavy (non-hydrogen) atoms. The van der Waals surface area contributed by atoms with Gasteiger partial charge < -0.3 is 10.1 Å². The third-order valence-corrected chi connectivity index (χ3v) is 3.61. The van der Waals surface area contributed by atoms with E-state index in [1.165, 1.54) is 6.08 Å². The molecule has 1 N–H and O–H groups in total. The van der Waals surface area contributed by atoms with Gasteiger partial charge in [0.25, 0.3) is 5.91 Å². The zero-order valence-corrected chi connectivity index (χ0v) is 13.7. The molecule has 0 radical (unpaired) electrons. The van der Waals surface area contributed by atoms with E-state index >= 15 is 0 Å². The largest absolute Gasteiger partial charge is 0.460 e. The summed E-state index contributed by atoms with van der Waals surface area (Å²) in [6.07, 6.45) is 1.87. The summed E-state index contributed by atoms with van der Waals surface area (Å²) in [7, 11) is 0. The first-order valence-corrected chi connectivity index (χ1v) is 7.79. The molecule has 124 valence electrons. The number of ether oxygens (including phenoxy) is 1. The van der Waals surface area contributed by atoms with Crippen molar-refractivity contribution < 1.29 is 14.3 Å². The molecule has 0 saturated heterocycles. The monoisotopic (exact) mass is 323 g/mol. The molecule has 0 aliphatic rings.